The Morgan fingerprint density at radius 3 is 2.75 bits per heavy atom. The molecule has 2 aliphatic heterocycles. The van der Waals surface area contributed by atoms with E-state index in [1.165, 1.54) is 6.08 Å². The van der Waals surface area contributed by atoms with Crippen LogP contribution in [-0.4, -0.2) is 33.4 Å². The molecular weight excluding hydrogens is 554 g/mol. The summed E-state index contributed by atoms with van der Waals surface area (Å²) in [6.07, 6.45) is 5.03. The molecule has 0 aliphatic carbocycles. The smallest absolute Gasteiger partial charge is 0.247 e. The van der Waals surface area contributed by atoms with Crippen molar-refractivity contribution in [1.29, 1.82) is 0 Å². The molecule has 6 nitrogen and oxygen atoms in total. The quantitative estimate of drug-likeness (QED) is 0.198. The lowest BCUT2D eigenvalue weighted by atomic mass is 9.92. The molecule has 5 rings (SSSR count). The normalized spacial score (nSPS) is 19.4. The summed E-state index contributed by atoms with van der Waals surface area (Å²) < 4.78 is 29.2. The molecule has 2 aromatic carbocycles. The molecule has 0 radical (unpaired) electrons. The van der Waals surface area contributed by atoms with Gasteiger partial charge in [-0.15, -0.1) is 0 Å². The second kappa shape index (κ2) is 11.8. The zero-order chi connectivity index (χ0) is 28.4. The van der Waals surface area contributed by atoms with E-state index in [1.807, 2.05) is 25.1 Å². The number of carbonyl (C=O) groups excluding carboxylic acids is 2. The van der Waals surface area contributed by atoms with Crippen LogP contribution in [0.1, 0.15) is 49.9 Å². The summed E-state index contributed by atoms with van der Waals surface area (Å²) in [6, 6.07) is 11.0. The van der Waals surface area contributed by atoms with Crippen LogP contribution in [0.15, 0.2) is 59.7 Å². The second-order valence-corrected chi connectivity index (χ2v) is 10.5. The Morgan fingerprint density at radius 1 is 1.15 bits per heavy atom. The molecule has 3 heterocycles. The monoisotopic (exact) mass is 578 g/mol. The molecule has 0 saturated carbocycles. The number of rotatable bonds is 3. The number of aromatic nitrogens is 1. The molecule has 0 spiro atoms. The van der Waals surface area contributed by atoms with E-state index in [9.17, 15) is 18.4 Å². The molecule has 2 bridgehead atoms. The number of isothiocyanates is 1. The summed E-state index contributed by atoms with van der Waals surface area (Å²) in [7, 11) is 0. The van der Waals surface area contributed by atoms with Crippen molar-refractivity contribution >= 4 is 57.7 Å². The maximum absolute atomic E-state index is 14.7. The number of amides is 2. The lowest BCUT2D eigenvalue weighted by Crippen LogP contribution is -2.38. The van der Waals surface area contributed by atoms with E-state index >= 15 is 0 Å². The molecule has 2 atom stereocenters. The van der Waals surface area contributed by atoms with Gasteiger partial charge >= 0.3 is 0 Å². The number of hydrogen-bond acceptors (Lipinski definition) is 5. The van der Waals surface area contributed by atoms with Gasteiger partial charge in [0.05, 0.1) is 38.9 Å². The number of anilines is 1. The number of aliphatic imine (C=N–C) groups is 1. The SMILES string of the molecule is C[C@@H]1CCC[C@H](N2CCC(c3c(F)ccc(Cl)c3F)=CC2=O)c2cc(ccn2)-c2ccc(N=C=S)cc2NC1=O. The van der Waals surface area contributed by atoms with Gasteiger partial charge in [0.15, 0.2) is 5.82 Å². The standard InChI is InChI=1S/C30H25ClF2N4O2S/c1-17-3-2-4-26(37-12-10-19(14-27(37)38)28-23(32)8-7-22(31)29(28)33)25-13-18(9-11-34-25)21-6-5-20(35-16-40)15-24(21)36-30(17)39/h5-9,11,13-15,17,26H,2-4,10,12H2,1H3,(H,36,39)/t17-,26+/m1/s1. The van der Waals surface area contributed by atoms with Crippen LogP contribution in [-0.2, 0) is 9.59 Å². The van der Waals surface area contributed by atoms with E-state index in [-0.39, 0.29) is 46.9 Å². The molecule has 3 aromatic rings. The van der Waals surface area contributed by atoms with Gasteiger partial charge in [0, 0.05) is 30.3 Å². The number of benzene rings is 2. The molecule has 0 saturated heterocycles. The molecule has 1 aromatic heterocycles. The maximum Gasteiger partial charge on any atom is 0.247 e. The lowest BCUT2D eigenvalue weighted by molar-refractivity contribution is -0.129. The predicted octanol–water partition coefficient (Wildman–Crippen LogP) is 7.53. The Labute approximate surface area is 240 Å². The van der Waals surface area contributed by atoms with E-state index in [0.717, 1.165) is 23.3 Å². The highest BCUT2D eigenvalue weighted by molar-refractivity contribution is 7.78. The number of nitrogens with one attached hydrogen (secondary N) is 1. The fourth-order valence-electron chi connectivity index (χ4n) is 5.26. The summed E-state index contributed by atoms with van der Waals surface area (Å²) in [6.45, 7) is 2.11. The number of thiocarbonyl (C=S) groups is 1. The van der Waals surface area contributed by atoms with Crippen LogP contribution in [0.2, 0.25) is 5.02 Å². The van der Waals surface area contributed by atoms with Crippen molar-refractivity contribution in [1.82, 2.24) is 9.88 Å². The number of pyridine rings is 1. The van der Waals surface area contributed by atoms with Crippen LogP contribution in [0.5, 0.6) is 0 Å². The Hall–Kier alpha value is -3.78. The minimum absolute atomic E-state index is 0.122. The first-order valence-corrected chi connectivity index (χ1v) is 13.7. The first-order chi connectivity index (χ1) is 19.3. The van der Waals surface area contributed by atoms with Crippen LogP contribution in [0, 0.1) is 17.6 Å². The van der Waals surface area contributed by atoms with Crippen LogP contribution >= 0.6 is 23.8 Å². The average Bonchev–Trinajstić information content (AvgIpc) is 2.94. The van der Waals surface area contributed by atoms with Crippen LogP contribution < -0.4 is 5.32 Å². The van der Waals surface area contributed by atoms with Gasteiger partial charge in [0.2, 0.25) is 11.8 Å². The molecule has 0 fully saturated rings. The fourth-order valence-corrected chi connectivity index (χ4v) is 5.52. The molecule has 40 heavy (non-hydrogen) atoms. The zero-order valence-corrected chi connectivity index (χ0v) is 23.2. The zero-order valence-electron chi connectivity index (χ0n) is 21.6. The number of halogens is 3. The number of fused-ring (bicyclic) bond motifs is 4. The predicted molar refractivity (Wildman–Crippen MR) is 154 cm³/mol. The highest BCUT2D eigenvalue weighted by Gasteiger charge is 2.31. The third-order valence-electron chi connectivity index (χ3n) is 7.38. The van der Waals surface area contributed by atoms with Gasteiger partial charge in [0.1, 0.15) is 5.82 Å². The van der Waals surface area contributed by atoms with Gasteiger partial charge in [0.25, 0.3) is 0 Å². The number of carbonyl (C=O) groups is 2. The lowest BCUT2D eigenvalue weighted by Gasteiger charge is -2.34. The summed E-state index contributed by atoms with van der Waals surface area (Å²) in [4.78, 5) is 36.8. The minimum atomic E-state index is -0.875. The molecule has 0 unspecified atom stereocenters. The van der Waals surface area contributed by atoms with Crippen molar-refractivity contribution in [3.05, 3.63) is 82.7 Å². The first-order valence-electron chi connectivity index (χ1n) is 12.9. The molecular formula is C30H25ClF2N4O2S. The fraction of sp³-hybridized carbons (Fsp3) is 0.267. The van der Waals surface area contributed by atoms with Gasteiger partial charge in [-0.05, 0) is 79.0 Å². The summed E-state index contributed by atoms with van der Waals surface area (Å²) in [5, 5.41) is 5.17. The second-order valence-electron chi connectivity index (χ2n) is 9.91. The minimum Gasteiger partial charge on any atom is -0.330 e. The molecule has 10 heteroatoms. The molecule has 2 amide bonds. The van der Waals surface area contributed by atoms with E-state index in [1.54, 1.807) is 23.2 Å². The number of hydrogen-bond donors (Lipinski definition) is 1. The summed E-state index contributed by atoms with van der Waals surface area (Å²) in [5.74, 6) is -2.41. The Balaban J connectivity index is 1.54. The third-order valence-corrected chi connectivity index (χ3v) is 7.76. The highest BCUT2D eigenvalue weighted by Crippen LogP contribution is 2.38. The van der Waals surface area contributed by atoms with E-state index in [0.29, 0.717) is 36.3 Å². The Morgan fingerprint density at radius 2 is 1.98 bits per heavy atom. The third kappa shape index (κ3) is 5.59. The highest BCUT2D eigenvalue weighted by atomic mass is 35.5. The maximum atomic E-state index is 14.7. The van der Waals surface area contributed by atoms with E-state index in [4.69, 9.17) is 23.8 Å². The topological polar surface area (TPSA) is 74.7 Å². The van der Waals surface area contributed by atoms with E-state index < -0.39 is 17.7 Å². The summed E-state index contributed by atoms with van der Waals surface area (Å²) in [5.41, 5.74) is 3.41. The molecule has 2 aliphatic rings. The van der Waals surface area contributed by atoms with Gasteiger partial charge in [-0.25, -0.2) is 8.78 Å². The van der Waals surface area contributed by atoms with Crippen molar-refractivity contribution < 1.29 is 18.4 Å². The van der Waals surface area contributed by atoms with Gasteiger partial charge in [-0.2, -0.15) is 4.99 Å². The van der Waals surface area contributed by atoms with Crippen LogP contribution in [0.4, 0.5) is 20.2 Å². The van der Waals surface area contributed by atoms with Gasteiger partial charge < -0.3 is 10.2 Å². The van der Waals surface area contributed by atoms with Crippen molar-refractivity contribution in [3.63, 3.8) is 0 Å². The van der Waals surface area contributed by atoms with Crippen molar-refractivity contribution in [3.8, 4) is 11.1 Å². The van der Waals surface area contributed by atoms with Crippen LogP contribution in [0.25, 0.3) is 16.7 Å². The van der Waals surface area contributed by atoms with Crippen molar-refractivity contribution in [2.45, 2.75) is 38.6 Å². The van der Waals surface area contributed by atoms with Crippen molar-refractivity contribution in [2.24, 2.45) is 10.9 Å². The van der Waals surface area contributed by atoms with Gasteiger partial charge in [-0.1, -0.05) is 31.0 Å². The van der Waals surface area contributed by atoms with Crippen LogP contribution in [0.3, 0.4) is 0 Å². The Bertz CT molecular complexity index is 1590. The average molecular weight is 579 g/mol. The Kier molecular flexibility index (Phi) is 8.17. The first kappa shape index (κ1) is 27.8. The molecule has 204 valence electrons. The van der Waals surface area contributed by atoms with E-state index in [2.05, 4.69) is 20.5 Å². The number of nitrogens with zero attached hydrogens (tertiary/aromatic N) is 3. The summed E-state index contributed by atoms with van der Waals surface area (Å²) >= 11 is 10.6. The molecule has 1 N–H and O–H groups in total. The van der Waals surface area contributed by atoms with Crippen molar-refractivity contribution in [2.75, 3.05) is 11.9 Å². The largest absolute Gasteiger partial charge is 0.330 e. The van der Waals surface area contributed by atoms with Gasteiger partial charge in [-0.3, -0.25) is 14.6 Å².